The molecule has 12 heteroatoms. The minimum absolute atomic E-state index is 0.112. The maximum absolute atomic E-state index is 5.75. The van der Waals surface area contributed by atoms with E-state index in [0.29, 0.717) is 23.4 Å². The second kappa shape index (κ2) is 16.8. The first-order valence-electron chi connectivity index (χ1n) is 15.8. The van der Waals surface area contributed by atoms with Gasteiger partial charge in [-0.1, -0.05) is 24.3 Å². The van der Waals surface area contributed by atoms with Crippen molar-refractivity contribution in [3.63, 3.8) is 0 Å². The third-order valence-corrected chi connectivity index (χ3v) is 6.93. The molecule has 2 aliphatic rings. The summed E-state index contributed by atoms with van der Waals surface area (Å²) in [4.78, 5) is 17.0. The quantitative estimate of drug-likeness (QED) is 0.181. The fourth-order valence-electron chi connectivity index (χ4n) is 4.81. The molecule has 12 nitrogen and oxygen atoms in total. The molecule has 2 saturated heterocycles. The molecule has 0 radical (unpaired) electrons. The molecule has 244 valence electrons. The van der Waals surface area contributed by atoms with Crippen LogP contribution in [0.2, 0.25) is 0 Å². The van der Waals surface area contributed by atoms with Gasteiger partial charge in [-0.2, -0.15) is 0 Å². The predicted octanol–water partition coefficient (Wildman–Crippen LogP) is 5.34. The van der Waals surface area contributed by atoms with E-state index in [0.717, 1.165) is 50.8 Å². The molecule has 4 N–H and O–H groups in total. The van der Waals surface area contributed by atoms with Crippen molar-refractivity contribution in [1.82, 2.24) is 30.6 Å². The lowest BCUT2D eigenvalue weighted by molar-refractivity contribution is 0.0276. The summed E-state index contributed by atoms with van der Waals surface area (Å²) in [6, 6.07) is 16.3. The minimum Gasteiger partial charge on any atom is -0.488 e. The molecule has 0 amide bonds. The van der Waals surface area contributed by atoms with Crippen molar-refractivity contribution in [2.45, 2.75) is 52.1 Å². The highest BCUT2D eigenvalue weighted by Crippen LogP contribution is 2.23. The van der Waals surface area contributed by atoms with E-state index in [1.807, 2.05) is 52.0 Å². The monoisotopic (exact) mass is 628 g/mol. The molecule has 2 fully saturated rings. The third-order valence-electron chi connectivity index (χ3n) is 6.93. The number of morpholine rings is 2. The number of nitrogens with one attached hydrogen (secondary N) is 4. The smallest absolute Gasteiger partial charge is 0.227 e. The lowest BCUT2D eigenvalue weighted by Crippen LogP contribution is -2.33. The van der Waals surface area contributed by atoms with E-state index in [9.17, 15) is 0 Å². The number of benzene rings is 2. The lowest BCUT2D eigenvalue weighted by Gasteiger charge is -2.24. The summed E-state index contributed by atoms with van der Waals surface area (Å²) < 4.78 is 22.6. The Balaban J connectivity index is 0.000000181. The van der Waals surface area contributed by atoms with Crippen molar-refractivity contribution in [3.05, 3.63) is 84.4 Å². The zero-order valence-corrected chi connectivity index (χ0v) is 26.9. The summed E-state index contributed by atoms with van der Waals surface area (Å²) in [7, 11) is 0. The van der Waals surface area contributed by atoms with Gasteiger partial charge in [0.1, 0.15) is 0 Å². The number of hydrogen-bond donors (Lipinski definition) is 4. The Labute approximate surface area is 270 Å². The van der Waals surface area contributed by atoms with Gasteiger partial charge in [-0.15, -0.1) is 0 Å². The first-order chi connectivity index (χ1) is 22.4. The highest BCUT2D eigenvalue weighted by Gasteiger charge is 2.16. The Morgan fingerprint density at radius 1 is 0.609 bits per heavy atom. The highest BCUT2D eigenvalue weighted by molar-refractivity contribution is 5.54. The SMILES string of the molecule is CC(C)Oc1cnc(Nc2ccc([C@@H]3CNCCO3)cc2)nc1.CC(C)Oc1cnc(Nc2ccc([C@H]3CNCCO3)cc2)nc1. The predicted molar refractivity (Wildman–Crippen MR) is 178 cm³/mol. The van der Waals surface area contributed by atoms with Crippen LogP contribution in [0.4, 0.5) is 23.3 Å². The van der Waals surface area contributed by atoms with Crippen LogP contribution in [0.5, 0.6) is 11.5 Å². The van der Waals surface area contributed by atoms with Gasteiger partial charge in [-0.05, 0) is 63.1 Å². The van der Waals surface area contributed by atoms with Crippen LogP contribution in [-0.4, -0.2) is 71.5 Å². The Bertz CT molecular complexity index is 1330. The van der Waals surface area contributed by atoms with Crippen molar-refractivity contribution in [2.75, 3.05) is 50.0 Å². The minimum atomic E-state index is 0.112. The van der Waals surface area contributed by atoms with Gasteiger partial charge in [0, 0.05) is 37.6 Å². The average molecular weight is 629 g/mol. The van der Waals surface area contributed by atoms with Crippen molar-refractivity contribution in [3.8, 4) is 11.5 Å². The summed E-state index contributed by atoms with van der Waals surface area (Å²) in [6.07, 6.45) is 7.17. The highest BCUT2D eigenvalue weighted by atomic mass is 16.5. The topological polar surface area (TPSA) is 137 Å². The summed E-state index contributed by atoms with van der Waals surface area (Å²) in [5.41, 5.74) is 4.22. The lowest BCUT2D eigenvalue weighted by atomic mass is 10.1. The Kier molecular flexibility index (Phi) is 12.1. The summed E-state index contributed by atoms with van der Waals surface area (Å²) in [5, 5.41) is 13.0. The maximum Gasteiger partial charge on any atom is 0.227 e. The number of hydrogen-bond acceptors (Lipinski definition) is 12. The molecule has 2 aromatic heterocycles. The molecule has 4 aromatic rings. The van der Waals surface area contributed by atoms with E-state index in [1.165, 1.54) is 11.1 Å². The number of anilines is 4. The third kappa shape index (κ3) is 10.3. The van der Waals surface area contributed by atoms with E-state index in [4.69, 9.17) is 18.9 Å². The molecule has 0 spiro atoms. The average Bonchev–Trinajstić information content (AvgIpc) is 3.08. The molecule has 0 saturated carbocycles. The normalized spacial score (nSPS) is 18.0. The first kappa shape index (κ1) is 33.0. The number of rotatable bonds is 10. The summed E-state index contributed by atoms with van der Waals surface area (Å²) in [6.45, 7) is 12.9. The molecular formula is C34H44N8O4. The summed E-state index contributed by atoms with van der Waals surface area (Å²) >= 11 is 0. The Morgan fingerprint density at radius 3 is 1.28 bits per heavy atom. The molecule has 0 aliphatic carbocycles. The van der Waals surface area contributed by atoms with Gasteiger partial charge in [0.25, 0.3) is 0 Å². The van der Waals surface area contributed by atoms with Gasteiger partial charge in [0.05, 0.1) is 62.4 Å². The van der Waals surface area contributed by atoms with E-state index in [2.05, 4.69) is 65.5 Å². The number of ether oxygens (including phenoxy) is 4. The molecule has 6 rings (SSSR count). The van der Waals surface area contributed by atoms with Crippen LogP contribution in [0.25, 0.3) is 0 Å². The van der Waals surface area contributed by atoms with Crippen LogP contribution in [0.3, 0.4) is 0 Å². The van der Waals surface area contributed by atoms with Gasteiger partial charge >= 0.3 is 0 Å². The van der Waals surface area contributed by atoms with Gasteiger partial charge in [0.15, 0.2) is 11.5 Å². The molecule has 0 bridgehead atoms. The van der Waals surface area contributed by atoms with E-state index < -0.39 is 0 Å². The maximum atomic E-state index is 5.75. The van der Waals surface area contributed by atoms with Crippen LogP contribution in [0, 0.1) is 0 Å². The zero-order chi connectivity index (χ0) is 32.1. The van der Waals surface area contributed by atoms with Gasteiger partial charge in [-0.3, -0.25) is 0 Å². The van der Waals surface area contributed by atoms with Crippen molar-refractivity contribution >= 4 is 23.3 Å². The van der Waals surface area contributed by atoms with Crippen LogP contribution < -0.4 is 30.7 Å². The van der Waals surface area contributed by atoms with Gasteiger partial charge < -0.3 is 40.2 Å². The summed E-state index contributed by atoms with van der Waals surface area (Å²) in [5.74, 6) is 2.43. The molecular weight excluding hydrogens is 584 g/mol. The fraction of sp³-hybridized carbons (Fsp3) is 0.412. The van der Waals surface area contributed by atoms with Crippen LogP contribution in [0.15, 0.2) is 73.3 Å². The van der Waals surface area contributed by atoms with Crippen LogP contribution in [0.1, 0.15) is 51.0 Å². The molecule has 2 atom stereocenters. The number of nitrogens with zero attached hydrogens (tertiary/aromatic N) is 4. The molecule has 2 aromatic carbocycles. The Hall–Kier alpha value is -4.36. The van der Waals surface area contributed by atoms with Crippen molar-refractivity contribution < 1.29 is 18.9 Å². The van der Waals surface area contributed by atoms with Crippen molar-refractivity contribution in [2.24, 2.45) is 0 Å². The zero-order valence-electron chi connectivity index (χ0n) is 26.9. The molecule has 0 unspecified atom stereocenters. The molecule has 46 heavy (non-hydrogen) atoms. The molecule has 2 aliphatic heterocycles. The van der Waals surface area contributed by atoms with Crippen molar-refractivity contribution in [1.29, 1.82) is 0 Å². The Morgan fingerprint density at radius 2 is 0.978 bits per heavy atom. The fourth-order valence-corrected chi connectivity index (χ4v) is 4.81. The van der Waals surface area contributed by atoms with Gasteiger partial charge in [0.2, 0.25) is 11.9 Å². The van der Waals surface area contributed by atoms with Gasteiger partial charge in [-0.25, -0.2) is 19.9 Å². The van der Waals surface area contributed by atoms with Crippen LogP contribution in [-0.2, 0) is 9.47 Å². The second-order valence-electron chi connectivity index (χ2n) is 11.4. The first-order valence-corrected chi connectivity index (χ1v) is 15.8. The molecule has 4 heterocycles. The van der Waals surface area contributed by atoms with E-state index in [1.54, 1.807) is 24.8 Å². The second-order valence-corrected chi connectivity index (χ2v) is 11.4. The standard InChI is InChI=1S/2C17H22N4O2/c2*1-12(2)23-15-9-19-17(20-10-15)21-14-5-3-13(4-6-14)16-11-18-7-8-22-16/h2*3-6,9-10,12,16,18H,7-8,11H2,1-2H3,(H,19,20,21)/t2*16-/m10/s1. The van der Waals surface area contributed by atoms with E-state index in [-0.39, 0.29) is 24.4 Å². The van der Waals surface area contributed by atoms with E-state index >= 15 is 0 Å². The largest absolute Gasteiger partial charge is 0.488 e. The van der Waals surface area contributed by atoms with Crippen LogP contribution >= 0.6 is 0 Å². The number of aromatic nitrogens is 4.